The van der Waals surface area contributed by atoms with Crippen molar-refractivity contribution in [1.29, 1.82) is 0 Å². The zero-order chi connectivity index (χ0) is 6.91. The first-order valence-corrected chi connectivity index (χ1v) is 3.88. The van der Waals surface area contributed by atoms with Crippen molar-refractivity contribution in [2.75, 3.05) is 13.2 Å². The summed E-state index contributed by atoms with van der Waals surface area (Å²) in [5.41, 5.74) is 0. The lowest BCUT2D eigenvalue weighted by atomic mass is 10.5. The number of ether oxygens (including phenoxy) is 1. The van der Waals surface area contributed by atoms with E-state index in [0.29, 0.717) is 12.5 Å². The van der Waals surface area contributed by atoms with Crippen LogP contribution in [-0.4, -0.2) is 17.5 Å². The maximum Gasteiger partial charge on any atom is 0.123 e. The summed E-state index contributed by atoms with van der Waals surface area (Å²) >= 11 is 11.5. The maximum atomic E-state index is 5.73. The predicted molar refractivity (Wildman–Crippen MR) is 39.0 cm³/mol. The average molecular weight is 169 g/mol. The highest BCUT2D eigenvalue weighted by Gasteiger charge is 2.51. The minimum atomic E-state index is -0.463. The summed E-state index contributed by atoms with van der Waals surface area (Å²) in [7, 11) is 0. The van der Waals surface area contributed by atoms with Crippen LogP contribution in [0.5, 0.6) is 0 Å². The second-order valence-electron chi connectivity index (χ2n) is 2.32. The molecule has 3 heteroatoms. The van der Waals surface area contributed by atoms with E-state index in [1.165, 1.54) is 0 Å². The van der Waals surface area contributed by atoms with E-state index >= 15 is 0 Å². The molecule has 9 heavy (non-hydrogen) atoms. The fraction of sp³-hybridized carbons (Fsp3) is 1.00. The molecule has 1 aliphatic rings. The van der Waals surface area contributed by atoms with E-state index in [0.717, 1.165) is 13.0 Å². The fourth-order valence-corrected chi connectivity index (χ4v) is 1.21. The largest absolute Gasteiger partial charge is 0.381 e. The molecular weight excluding hydrogens is 159 g/mol. The van der Waals surface area contributed by atoms with E-state index in [2.05, 4.69) is 0 Å². The van der Waals surface area contributed by atoms with Crippen LogP contribution in [0.4, 0.5) is 0 Å². The van der Waals surface area contributed by atoms with Gasteiger partial charge in [0, 0.05) is 12.5 Å². The van der Waals surface area contributed by atoms with Crippen LogP contribution in [0.3, 0.4) is 0 Å². The number of alkyl halides is 2. The van der Waals surface area contributed by atoms with E-state index in [9.17, 15) is 0 Å². The monoisotopic (exact) mass is 168 g/mol. The van der Waals surface area contributed by atoms with E-state index in [4.69, 9.17) is 27.9 Å². The van der Waals surface area contributed by atoms with Crippen LogP contribution in [0.15, 0.2) is 0 Å². The highest BCUT2D eigenvalue weighted by atomic mass is 35.5. The van der Waals surface area contributed by atoms with Crippen molar-refractivity contribution in [2.45, 2.75) is 17.7 Å². The molecule has 0 saturated heterocycles. The van der Waals surface area contributed by atoms with E-state index < -0.39 is 4.33 Å². The molecule has 1 unspecified atom stereocenters. The van der Waals surface area contributed by atoms with E-state index in [-0.39, 0.29) is 0 Å². The molecule has 0 aromatic heterocycles. The summed E-state index contributed by atoms with van der Waals surface area (Å²) < 4.78 is 4.66. The Morgan fingerprint density at radius 2 is 2.22 bits per heavy atom. The van der Waals surface area contributed by atoms with E-state index in [1.807, 2.05) is 6.92 Å². The summed E-state index contributed by atoms with van der Waals surface area (Å²) in [5.74, 6) is 0.376. The Kier molecular flexibility index (Phi) is 2.25. The molecule has 1 nitrogen and oxygen atoms in total. The number of hydrogen-bond acceptors (Lipinski definition) is 1. The zero-order valence-corrected chi connectivity index (χ0v) is 6.87. The molecule has 0 radical (unpaired) electrons. The molecule has 0 amide bonds. The van der Waals surface area contributed by atoms with Crippen LogP contribution in [0, 0.1) is 5.92 Å². The lowest BCUT2D eigenvalue weighted by Crippen LogP contribution is -2.00. The summed E-state index contributed by atoms with van der Waals surface area (Å²) in [6.07, 6.45) is 0.885. The molecule has 0 aliphatic heterocycles. The van der Waals surface area contributed by atoms with Crippen LogP contribution in [0.1, 0.15) is 13.3 Å². The zero-order valence-electron chi connectivity index (χ0n) is 5.36. The van der Waals surface area contributed by atoms with Crippen LogP contribution in [0.25, 0.3) is 0 Å². The van der Waals surface area contributed by atoms with Crippen molar-refractivity contribution in [1.82, 2.24) is 0 Å². The van der Waals surface area contributed by atoms with Gasteiger partial charge in [0.05, 0.1) is 6.61 Å². The summed E-state index contributed by atoms with van der Waals surface area (Å²) in [6, 6.07) is 0. The van der Waals surface area contributed by atoms with Crippen molar-refractivity contribution >= 4 is 23.2 Å². The SMILES string of the molecule is CCOCC1CC1(Cl)Cl. The Labute approximate surface area is 65.3 Å². The molecule has 1 aliphatic carbocycles. The van der Waals surface area contributed by atoms with Gasteiger partial charge in [-0.3, -0.25) is 0 Å². The van der Waals surface area contributed by atoms with Crippen molar-refractivity contribution in [3.05, 3.63) is 0 Å². The van der Waals surface area contributed by atoms with Crippen LogP contribution in [-0.2, 0) is 4.74 Å². The standard InChI is InChI=1S/C6H10Cl2O/c1-2-9-4-5-3-6(5,7)8/h5H,2-4H2,1H3. The van der Waals surface area contributed by atoms with Gasteiger partial charge in [-0.05, 0) is 13.3 Å². The molecule has 0 heterocycles. The van der Waals surface area contributed by atoms with Gasteiger partial charge in [-0.15, -0.1) is 23.2 Å². The minimum absolute atomic E-state index is 0.376. The number of hydrogen-bond donors (Lipinski definition) is 0. The third kappa shape index (κ3) is 1.99. The first-order chi connectivity index (χ1) is 4.17. The fourth-order valence-electron chi connectivity index (χ4n) is 0.711. The quantitative estimate of drug-likeness (QED) is 0.588. The van der Waals surface area contributed by atoms with Crippen molar-refractivity contribution in [3.63, 3.8) is 0 Å². The van der Waals surface area contributed by atoms with Gasteiger partial charge < -0.3 is 4.74 Å². The summed E-state index contributed by atoms with van der Waals surface area (Å²) in [4.78, 5) is 0. The van der Waals surface area contributed by atoms with Gasteiger partial charge in [-0.1, -0.05) is 0 Å². The molecule has 54 valence electrons. The molecule has 1 fully saturated rings. The molecular formula is C6H10Cl2O. The van der Waals surface area contributed by atoms with Crippen molar-refractivity contribution in [3.8, 4) is 0 Å². The van der Waals surface area contributed by atoms with Gasteiger partial charge in [-0.25, -0.2) is 0 Å². The topological polar surface area (TPSA) is 9.23 Å². The molecule has 1 atom stereocenters. The highest BCUT2D eigenvalue weighted by molar-refractivity contribution is 6.50. The summed E-state index contributed by atoms with van der Waals surface area (Å²) in [6.45, 7) is 3.43. The van der Waals surface area contributed by atoms with Crippen molar-refractivity contribution < 1.29 is 4.74 Å². The molecule has 0 bridgehead atoms. The predicted octanol–water partition coefficient (Wildman–Crippen LogP) is 2.22. The molecule has 0 aromatic rings. The molecule has 1 saturated carbocycles. The van der Waals surface area contributed by atoms with Crippen LogP contribution in [0.2, 0.25) is 0 Å². The Balaban J connectivity index is 2.06. The highest BCUT2D eigenvalue weighted by Crippen LogP contribution is 2.53. The van der Waals surface area contributed by atoms with Crippen LogP contribution >= 0.6 is 23.2 Å². The van der Waals surface area contributed by atoms with E-state index in [1.54, 1.807) is 0 Å². The number of rotatable bonds is 3. The maximum absolute atomic E-state index is 5.73. The third-order valence-corrected chi connectivity index (χ3v) is 2.40. The lowest BCUT2D eigenvalue weighted by Gasteiger charge is -1.98. The normalized spacial score (nSPS) is 30.3. The van der Waals surface area contributed by atoms with Gasteiger partial charge in [-0.2, -0.15) is 0 Å². The first kappa shape index (κ1) is 7.64. The number of halogens is 2. The van der Waals surface area contributed by atoms with Gasteiger partial charge in [0.25, 0.3) is 0 Å². The van der Waals surface area contributed by atoms with Gasteiger partial charge >= 0.3 is 0 Å². The van der Waals surface area contributed by atoms with Gasteiger partial charge in [0.15, 0.2) is 0 Å². The Morgan fingerprint density at radius 3 is 2.56 bits per heavy atom. The second kappa shape index (κ2) is 2.65. The minimum Gasteiger partial charge on any atom is -0.381 e. The second-order valence-corrected chi connectivity index (χ2v) is 3.86. The average Bonchev–Trinajstić information content (AvgIpc) is 2.35. The third-order valence-electron chi connectivity index (χ3n) is 1.48. The molecule has 0 aromatic carbocycles. The summed E-state index contributed by atoms with van der Waals surface area (Å²) in [5, 5.41) is 0. The van der Waals surface area contributed by atoms with Gasteiger partial charge in [0.1, 0.15) is 4.33 Å². The van der Waals surface area contributed by atoms with Crippen molar-refractivity contribution in [2.24, 2.45) is 5.92 Å². The Morgan fingerprint density at radius 1 is 1.67 bits per heavy atom. The molecule has 0 N–H and O–H groups in total. The van der Waals surface area contributed by atoms with Crippen LogP contribution < -0.4 is 0 Å². The Hall–Kier alpha value is 0.540. The van der Waals surface area contributed by atoms with Gasteiger partial charge in [0.2, 0.25) is 0 Å². The smallest absolute Gasteiger partial charge is 0.123 e. The molecule has 1 rings (SSSR count). The Bertz CT molecular complexity index is 103. The first-order valence-electron chi connectivity index (χ1n) is 3.12. The lowest BCUT2D eigenvalue weighted by molar-refractivity contribution is 0.136. The molecule has 0 spiro atoms.